The van der Waals surface area contributed by atoms with Crippen LogP contribution in [-0.4, -0.2) is 23.0 Å². The zero-order chi connectivity index (χ0) is 13.1. The Kier molecular flexibility index (Phi) is 4.54. The van der Waals surface area contributed by atoms with Gasteiger partial charge in [-0.05, 0) is 32.1 Å². The molecule has 2 rings (SSSR count). The molecule has 0 aliphatic heterocycles. The lowest BCUT2D eigenvalue weighted by Gasteiger charge is -1.98. The van der Waals surface area contributed by atoms with Crippen molar-refractivity contribution in [2.75, 3.05) is 12.9 Å². The first-order chi connectivity index (χ1) is 8.67. The van der Waals surface area contributed by atoms with Crippen molar-refractivity contribution >= 4 is 34.5 Å². The lowest BCUT2D eigenvalue weighted by molar-refractivity contribution is 0.283. The fraction of sp³-hybridized carbons (Fsp3) is 0.462. The van der Waals surface area contributed by atoms with E-state index in [4.69, 9.17) is 21.1 Å². The van der Waals surface area contributed by atoms with Crippen molar-refractivity contribution in [3.63, 3.8) is 0 Å². The summed E-state index contributed by atoms with van der Waals surface area (Å²) in [6.45, 7) is 2.23. The van der Waals surface area contributed by atoms with Crippen LogP contribution in [0.1, 0.15) is 24.2 Å². The van der Waals surface area contributed by atoms with Crippen LogP contribution in [0.25, 0.3) is 11.1 Å². The topological polar surface area (TPSA) is 46.3 Å². The minimum absolute atomic E-state index is 0.222. The number of furan rings is 1. The minimum Gasteiger partial charge on any atom is -0.458 e. The second kappa shape index (κ2) is 5.95. The Morgan fingerprint density at radius 2 is 2.22 bits per heavy atom. The third-order valence-corrected chi connectivity index (χ3v) is 3.87. The van der Waals surface area contributed by atoms with Crippen molar-refractivity contribution in [3.8, 4) is 0 Å². The fourth-order valence-electron chi connectivity index (χ4n) is 1.95. The Morgan fingerprint density at radius 1 is 1.44 bits per heavy atom. The van der Waals surface area contributed by atoms with Crippen molar-refractivity contribution in [1.82, 2.24) is 4.98 Å². The molecule has 0 unspecified atom stereocenters. The summed E-state index contributed by atoms with van der Waals surface area (Å²) in [4.78, 5) is 5.36. The average Bonchev–Trinajstić information content (AvgIpc) is 2.67. The Bertz CT molecular complexity index is 553. The number of nitrogens with zero attached hydrogens (tertiary/aromatic N) is 1. The summed E-state index contributed by atoms with van der Waals surface area (Å²) in [6, 6.07) is 1.83. The number of aryl methyl sites for hydroxylation is 2. The van der Waals surface area contributed by atoms with Crippen LogP contribution in [-0.2, 0) is 6.42 Å². The van der Waals surface area contributed by atoms with Gasteiger partial charge in [0.25, 0.3) is 0 Å². The Labute approximate surface area is 116 Å². The number of unbranched alkanes of at least 4 members (excludes halogenated alkanes) is 1. The number of aliphatic hydroxyl groups is 1. The SMILES string of the molecule is CSc1cc(Cl)nc2c(C)c(CCCCO)oc12. The molecule has 98 valence electrons. The molecule has 0 bridgehead atoms. The van der Waals surface area contributed by atoms with Gasteiger partial charge < -0.3 is 9.52 Å². The van der Waals surface area contributed by atoms with Crippen molar-refractivity contribution in [2.45, 2.75) is 31.1 Å². The number of pyridine rings is 1. The van der Waals surface area contributed by atoms with Gasteiger partial charge in [0, 0.05) is 18.6 Å². The van der Waals surface area contributed by atoms with E-state index in [-0.39, 0.29) is 6.61 Å². The van der Waals surface area contributed by atoms with Gasteiger partial charge in [-0.2, -0.15) is 0 Å². The Balaban J connectivity index is 2.42. The number of aromatic nitrogens is 1. The number of hydrogen-bond donors (Lipinski definition) is 1. The molecule has 0 aliphatic carbocycles. The van der Waals surface area contributed by atoms with Crippen molar-refractivity contribution in [3.05, 3.63) is 22.5 Å². The number of halogens is 1. The molecule has 0 aliphatic rings. The average molecular weight is 286 g/mol. The number of thioether (sulfide) groups is 1. The van der Waals surface area contributed by atoms with Crippen LogP contribution >= 0.6 is 23.4 Å². The first-order valence-electron chi connectivity index (χ1n) is 5.90. The molecule has 0 radical (unpaired) electrons. The molecular weight excluding hydrogens is 270 g/mol. The van der Waals surface area contributed by atoms with Gasteiger partial charge in [-0.25, -0.2) is 4.98 Å². The van der Waals surface area contributed by atoms with Gasteiger partial charge in [-0.15, -0.1) is 11.8 Å². The molecule has 2 aromatic heterocycles. The molecule has 18 heavy (non-hydrogen) atoms. The third kappa shape index (κ3) is 2.66. The molecule has 0 spiro atoms. The maximum Gasteiger partial charge on any atom is 0.166 e. The first kappa shape index (κ1) is 13.7. The zero-order valence-electron chi connectivity index (χ0n) is 10.5. The van der Waals surface area contributed by atoms with E-state index in [0.29, 0.717) is 5.15 Å². The highest BCUT2D eigenvalue weighted by Gasteiger charge is 2.15. The Morgan fingerprint density at radius 3 is 2.89 bits per heavy atom. The third-order valence-electron chi connectivity index (χ3n) is 2.94. The van der Waals surface area contributed by atoms with E-state index in [1.807, 2.05) is 19.2 Å². The minimum atomic E-state index is 0.222. The van der Waals surface area contributed by atoms with Crippen LogP contribution in [0.4, 0.5) is 0 Å². The molecule has 0 amide bonds. The molecule has 0 saturated carbocycles. The highest BCUT2D eigenvalue weighted by Crippen LogP contribution is 2.33. The summed E-state index contributed by atoms with van der Waals surface area (Å²) in [5.74, 6) is 0.948. The van der Waals surface area contributed by atoms with Gasteiger partial charge in [0.15, 0.2) is 5.58 Å². The van der Waals surface area contributed by atoms with Crippen molar-refractivity contribution in [1.29, 1.82) is 0 Å². The fourth-order valence-corrected chi connectivity index (χ4v) is 2.76. The van der Waals surface area contributed by atoms with E-state index in [2.05, 4.69) is 4.98 Å². The van der Waals surface area contributed by atoms with Crippen LogP contribution in [0.15, 0.2) is 15.4 Å². The van der Waals surface area contributed by atoms with Crippen LogP contribution in [0.5, 0.6) is 0 Å². The first-order valence-corrected chi connectivity index (χ1v) is 7.51. The molecule has 0 saturated heterocycles. The van der Waals surface area contributed by atoms with E-state index in [1.165, 1.54) is 0 Å². The number of rotatable bonds is 5. The molecule has 0 fully saturated rings. The van der Waals surface area contributed by atoms with Crippen LogP contribution in [0, 0.1) is 6.92 Å². The van der Waals surface area contributed by atoms with Gasteiger partial charge in [0.2, 0.25) is 0 Å². The highest BCUT2D eigenvalue weighted by atomic mass is 35.5. The smallest absolute Gasteiger partial charge is 0.166 e. The van der Waals surface area contributed by atoms with E-state index in [1.54, 1.807) is 11.8 Å². The van der Waals surface area contributed by atoms with E-state index in [0.717, 1.165) is 46.6 Å². The maximum atomic E-state index is 8.81. The molecule has 1 N–H and O–H groups in total. The molecule has 2 aromatic rings. The zero-order valence-corrected chi connectivity index (χ0v) is 12.1. The lowest BCUT2D eigenvalue weighted by Crippen LogP contribution is -1.88. The van der Waals surface area contributed by atoms with Gasteiger partial charge >= 0.3 is 0 Å². The largest absolute Gasteiger partial charge is 0.458 e. The summed E-state index contributed by atoms with van der Waals surface area (Å²) in [5.41, 5.74) is 2.73. The number of aliphatic hydroxyl groups excluding tert-OH is 1. The van der Waals surface area contributed by atoms with Gasteiger partial charge in [0.05, 0.1) is 4.90 Å². The maximum absolute atomic E-state index is 8.81. The van der Waals surface area contributed by atoms with E-state index >= 15 is 0 Å². The van der Waals surface area contributed by atoms with Crippen LogP contribution in [0.3, 0.4) is 0 Å². The standard InChI is InChI=1S/C13H16ClNO2S/c1-8-9(5-3-4-6-16)17-13-10(18-2)7-11(14)15-12(8)13/h7,16H,3-6H2,1-2H3. The second-order valence-electron chi connectivity index (χ2n) is 4.16. The van der Waals surface area contributed by atoms with Crippen molar-refractivity contribution in [2.24, 2.45) is 0 Å². The van der Waals surface area contributed by atoms with Gasteiger partial charge in [0.1, 0.15) is 16.4 Å². The van der Waals surface area contributed by atoms with E-state index in [9.17, 15) is 0 Å². The Hall–Kier alpha value is -0.710. The molecule has 5 heteroatoms. The molecule has 3 nitrogen and oxygen atoms in total. The summed E-state index contributed by atoms with van der Waals surface area (Å²) in [7, 11) is 0. The lowest BCUT2D eigenvalue weighted by atomic mass is 10.1. The number of hydrogen-bond acceptors (Lipinski definition) is 4. The summed E-state index contributed by atoms with van der Waals surface area (Å²) >= 11 is 7.62. The molecule has 0 aromatic carbocycles. The normalized spacial score (nSPS) is 11.3. The second-order valence-corrected chi connectivity index (χ2v) is 5.39. The van der Waals surface area contributed by atoms with E-state index < -0.39 is 0 Å². The van der Waals surface area contributed by atoms with Gasteiger partial charge in [-0.3, -0.25) is 0 Å². The predicted octanol–water partition coefficient (Wildman–Crippen LogP) is 3.83. The summed E-state index contributed by atoms with van der Waals surface area (Å²) in [5, 5.41) is 9.31. The highest BCUT2D eigenvalue weighted by molar-refractivity contribution is 7.98. The molecule has 0 atom stereocenters. The number of fused-ring (bicyclic) bond motifs is 1. The molecule has 2 heterocycles. The quantitative estimate of drug-likeness (QED) is 0.515. The summed E-state index contributed by atoms with van der Waals surface area (Å²) in [6.07, 6.45) is 4.53. The van der Waals surface area contributed by atoms with Crippen LogP contribution < -0.4 is 0 Å². The van der Waals surface area contributed by atoms with Gasteiger partial charge in [-0.1, -0.05) is 11.6 Å². The van der Waals surface area contributed by atoms with Crippen molar-refractivity contribution < 1.29 is 9.52 Å². The summed E-state index contributed by atoms with van der Waals surface area (Å²) < 4.78 is 5.90. The molecular formula is C13H16ClNO2S. The predicted molar refractivity (Wildman–Crippen MR) is 75.6 cm³/mol. The monoisotopic (exact) mass is 285 g/mol. The van der Waals surface area contributed by atoms with Crippen LogP contribution in [0.2, 0.25) is 5.15 Å².